The van der Waals surface area contributed by atoms with Crippen molar-refractivity contribution < 1.29 is 31.5 Å². The van der Waals surface area contributed by atoms with Crippen LogP contribution in [0.2, 0.25) is 0 Å². The van der Waals surface area contributed by atoms with Gasteiger partial charge in [-0.3, -0.25) is 4.79 Å². The molecule has 1 amide bonds. The molecule has 3 aromatic rings. The molecule has 1 saturated heterocycles. The van der Waals surface area contributed by atoms with Crippen molar-refractivity contribution in [2.75, 3.05) is 38.7 Å². The highest BCUT2D eigenvalue weighted by Crippen LogP contribution is 2.30. The quantitative estimate of drug-likeness (QED) is 0.519. The normalized spacial score (nSPS) is 14.6. The smallest absolute Gasteiger partial charge is 0.246 e. The van der Waals surface area contributed by atoms with Gasteiger partial charge in [0, 0.05) is 31.6 Å². The molecular weight excluding hydrogens is 463 g/mol. The Morgan fingerprint density at radius 1 is 1.12 bits per heavy atom. The summed E-state index contributed by atoms with van der Waals surface area (Å²) in [7, 11) is -2.42. The van der Waals surface area contributed by atoms with Gasteiger partial charge in [0.1, 0.15) is 28.0 Å². The molecule has 1 aliphatic rings. The first-order valence-electron chi connectivity index (χ1n) is 10.8. The zero-order valence-corrected chi connectivity index (χ0v) is 19.4. The summed E-state index contributed by atoms with van der Waals surface area (Å²) in [5.41, 5.74) is 0.689. The number of rotatable bonds is 8. The first-order valence-corrected chi connectivity index (χ1v) is 12.2. The van der Waals surface area contributed by atoms with Gasteiger partial charge in [-0.15, -0.1) is 0 Å². The zero-order chi connectivity index (χ0) is 24.1. The molecule has 0 radical (unpaired) electrons. The Morgan fingerprint density at radius 3 is 2.62 bits per heavy atom. The van der Waals surface area contributed by atoms with Gasteiger partial charge in [-0.05, 0) is 42.5 Å². The molecule has 1 aliphatic heterocycles. The number of anilines is 1. The van der Waals surface area contributed by atoms with E-state index in [2.05, 4.69) is 5.32 Å². The van der Waals surface area contributed by atoms with Crippen LogP contribution in [0, 0.1) is 5.82 Å². The summed E-state index contributed by atoms with van der Waals surface area (Å²) in [6.45, 7) is 1.15. The average molecular weight is 489 g/mol. The Hall–Kier alpha value is -3.21. The van der Waals surface area contributed by atoms with E-state index in [9.17, 15) is 17.6 Å². The van der Waals surface area contributed by atoms with Gasteiger partial charge in [0.2, 0.25) is 15.9 Å². The highest BCUT2D eigenvalue weighted by molar-refractivity contribution is 7.89. The van der Waals surface area contributed by atoms with E-state index >= 15 is 0 Å². The number of carbonyl (C=O) groups is 1. The van der Waals surface area contributed by atoms with Crippen molar-refractivity contribution in [3.05, 3.63) is 66.2 Å². The van der Waals surface area contributed by atoms with Gasteiger partial charge in [-0.25, -0.2) is 12.8 Å². The Kier molecular flexibility index (Phi) is 7.30. The van der Waals surface area contributed by atoms with Crippen LogP contribution in [0.3, 0.4) is 0 Å². The minimum atomic E-state index is -3.81. The molecule has 0 saturated carbocycles. The molecule has 4 rings (SSSR count). The Bertz CT molecular complexity index is 1270. The van der Waals surface area contributed by atoms with E-state index in [0.29, 0.717) is 42.4 Å². The van der Waals surface area contributed by atoms with Crippen molar-refractivity contribution in [3.8, 4) is 17.1 Å². The fourth-order valence-electron chi connectivity index (χ4n) is 3.66. The van der Waals surface area contributed by atoms with Crippen LogP contribution in [0.25, 0.3) is 11.3 Å². The maximum atomic E-state index is 13.9. The van der Waals surface area contributed by atoms with Crippen molar-refractivity contribution >= 4 is 21.6 Å². The number of halogens is 1. The number of amides is 1. The lowest BCUT2D eigenvalue weighted by Gasteiger charge is -2.26. The standard InChI is InChI=1S/C24H25FN2O6S/c1-31-22-9-6-17(16-23(22)34(29,30)27-12-14-32-15-13-27)26-24(28)11-8-18-7-10-21(33-18)19-4-2-3-5-20(19)25/h2-7,9-10,16H,8,11-15H2,1H3,(H,26,28). The van der Waals surface area contributed by atoms with Crippen molar-refractivity contribution in [1.82, 2.24) is 4.31 Å². The number of hydrogen-bond acceptors (Lipinski definition) is 6. The number of nitrogens with zero attached hydrogens (tertiary/aromatic N) is 1. The van der Waals surface area contributed by atoms with Crippen molar-refractivity contribution in [1.29, 1.82) is 0 Å². The summed E-state index contributed by atoms with van der Waals surface area (Å²) in [4.78, 5) is 12.5. The summed E-state index contributed by atoms with van der Waals surface area (Å²) in [5.74, 6) is 0.424. The van der Waals surface area contributed by atoms with E-state index in [1.165, 1.54) is 29.6 Å². The van der Waals surface area contributed by atoms with E-state index in [4.69, 9.17) is 13.9 Å². The minimum absolute atomic E-state index is 0.0183. The number of nitrogens with one attached hydrogen (secondary N) is 1. The zero-order valence-electron chi connectivity index (χ0n) is 18.6. The number of benzene rings is 2. The first-order chi connectivity index (χ1) is 16.4. The topological polar surface area (TPSA) is 98.1 Å². The third-order valence-electron chi connectivity index (χ3n) is 5.43. The van der Waals surface area contributed by atoms with Gasteiger partial charge < -0.3 is 19.2 Å². The van der Waals surface area contributed by atoms with Crippen LogP contribution in [0.5, 0.6) is 5.75 Å². The highest BCUT2D eigenvalue weighted by atomic mass is 32.2. The predicted molar refractivity (Wildman–Crippen MR) is 124 cm³/mol. The van der Waals surface area contributed by atoms with Crippen LogP contribution >= 0.6 is 0 Å². The molecule has 0 atom stereocenters. The van der Waals surface area contributed by atoms with E-state index in [-0.39, 0.29) is 41.9 Å². The van der Waals surface area contributed by atoms with Crippen LogP contribution in [0.15, 0.2) is 63.9 Å². The summed E-state index contributed by atoms with van der Waals surface area (Å²) >= 11 is 0. The largest absolute Gasteiger partial charge is 0.495 e. The maximum Gasteiger partial charge on any atom is 0.246 e. The summed E-state index contributed by atoms with van der Waals surface area (Å²) in [6.07, 6.45) is 0.400. The number of sulfonamides is 1. The lowest BCUT2D eigenvalue weighted by molar-refractivity contribution is -0.116. The molecular formula is C24H25FN2O6S. The number of carbonyl (C=O) groups excluding carboxylic acids is 1. The second-order valence-corrected chi connectivity index (χ2v) is 9.58. The van der Waals surface area contributed by atoms with Crippen LogP contribution < -0.4 is 10.1 Å². The predicted octanol–water partition coefficient (Wildman–Crippen LogP) is 3.69. The van der Waals surface area contributed by atoms with Gasteiger partial charge in [-0.1, -0.05) is 12.1 Å². The first kappa shape index (κ1) is 23.9. The van der Waals surface area contributed by atoms with Crippen molar-refractivity contribution in [2.24, 2.45) is 0 Å². The van der Waals surface area contributed by atoms with Crippen molar-refractivity contribution in [3.63, 3.8) is 0 Å². The third-order valence-corrected chi connectivity index (χ3v) is 7.35. The SMILES string of the molecule is COc1ccc(NC(=O)CCc2ccc(-c3ccccc3F)o2)cc1S(=O)(=O)N1CCOCC1. The summed E-state index contributed by atoms with van der Waals surface area (Å²) in [6, 6.07) is 14.1. The van der Waals surface area contributed by atoms with Crippen LogP contribution in [0.1, 0.15) is 12.2 Å². The molecule has 2 heterocycles. The highest BCUT2D eigenvalue weighted by Gasteiger charge is 2.29. The number of furan rings is 1. The summed E-state index contributed by atoms with van der Waals surface area (Å²) in [5, 5.41) is 2.72. The molecule has 0 bridgehead atoms. The molecule has 0 spiro atoms. The fraction of sp³-hybridized carbons (Fsp3) is 0.292. The molecule has 1 aromatic heterocycles. The third kappa shape index (κ3) is 5.30. The Balaban J connectivity index is 1.42. The number of ether oxygens (including phenoxy) is 2. The second-order valence-electron chi connectivity index (χ2n) is 7.68. The van der Waals surface area contributed by atoms with Gasteiger partial charge in [0.25, 0.3) is 0 Å². The van der Waals surface area contributed by atoms with Crippen molar-refractivity contribution in [2.45, 2.75) is 17.7 Å². The monoisotopic (exact) mass is 488 g/mol. The lowest BCUT2D eigenvalue weighted by Crippen LogP contribution is -2.40. The molecule has 8 nitrogen and oxygen atoms in total. The van der Waals surface area contributed by atoms with Gasteiger partial charge in [-0.2, -0.15) is 4.31 Å². The number of hydrogen-bond donors (Lipinski definition) is 1. The summed E-state index contributed by atoms with van der Waals surface area (Å²) < 4.78 is 57.6. The van der Waals surface area contributed by atoms with Crippen LogP contribution in [0.4, 0.5) is 10.1 Å². The second kappa shape index (κ2) is 10.4. The molecule has 2 aromatic carbocycles. The Labute approximate surface area is 197 Å². The van der Waals surface area contributed by atoms with Gasteiger partial charge in [0.05, 0.1) is 25.9 Å². The molecule has 0 unspecified atom stereocenters. The van der Waals surface area contributed by atoms with E-state index < -0.39 is 10.0 Å². The molecule has 0 aliphatic carbocycles. The van der Waals surface area contributed by atoms with E-state index in [0.717, 1.165) is 0 Å². The molecule has 10 heteroatoms. The average Bonchev–Trinajstić information content (AvgIpc) is 3.32. The van der Waals surface area contributed by atoms with E-state index in [1.807, 2.05) is 0 Å². The van der Waals surface area contributed by atoms with Gasteiger partial charge in [0.15, 0.2) is 0 Å². The molecule has 1 fully saturated rings. The fourth-order valence-corrected chi connectivity index (χ4v) is 5.25. The molecule has 180 valence electrons. The number of aryl methyl sites for hydroxylation is 1. The van der Waals surface area contributed by atoms with Crippen LogP contribution in [-0.4, -0.2) is 52.0 Å². The number of morpholine rings is 1. The number of methoxy groups -OCH3 is 1. The lowest BCUT2D eigenvalue weighted by atomic mass is 10.1. The maximum absolute atomic E-state index is 13.9. The van der Waals surface area contributed by atoms with E-state index in [1.54, 1.807) is 36.4 Å². The van der Waals surface area contributed by atoms with Gasteiger partial charge >= 0.3 is 0 Å². The molecule has 34 heavy (non-hydrogen) atoms. The minimum Gasteiger partial charge on any atom is -0.495 e. The Morgan fingerprint density at radius 2 is 1.88 bits per heavy atom. The molecule has 1 N–H and O–H groups in total. The van der Waals surface area contributed by atoms with Crippen LogP contribution in [-0.2, 0) is 26.0 Å².